The number of nitrogens with zero attached hydrogens (tertiary/aromatic N) is 3. The van der Waals surface area contributed by atoms with Crippen LogP contribution in [-0.4, -0.2) is 184 Å². The topological polar surface area (TPSA) is 456 Å². The lowest BCUT2D eigenvalue weighted by Crippen LogP contribution is -2.54. The summed E-state index contributed by atoms with van der Waals surface area (Å²) in [6.45, 7) is 45.6. The van der Waals surface area contributed by atoms with E-state index < -0.39 is 194 Å². The highest BCUT2D eigenvalue weighted by atomic mass is 16.6. The van der Waals surface area contributed by atoms with Crippen molar-refractivity contribution in [2.75, 3.05) is 18.9 Å². The molecule has 0 aliphatic carbocycles. The molecule has 3 heterocycles. The fourth-order valence-corrected chi connectivity index (χ4v) is 15.0. The van der Waals surface area contributed by atoms with E-state index in [2.05, 4.69) is 36.6 Å². The lowest BCUT2D eigenvalue weighted by atomic mass is 9.80. The first-order valence-electron chi connectivity index (χ1n) is 47.8. The summed E-state index contributed by atoms with van der Waals surface area (Å²) >= 11 is 0. The number of nitrogen functional groups attached to an aromatic ring is 1. The number of rotatable bonds is 51. The summed E-state index contributed by atoms with van der Waals surface area (Å²) in [5.41, 5.74) is -7.01. The number of carbonyl (C=O) groups excluding carboxylic acids is 14. The third-order valence-electron chi connectivity index (χ3n) is 20.6. The van der Waals surface area contributed by atoms with E-state index in [1.54, 1.807) is 211 Å². The molecule has 3 aromatic heterocycles. The van der Waals surface area contributed by atoms with Crippen LogP contribution in [0.4, 0.5) is 5.69 Å². The molecule has 5 amide bonds. The van der Waals surface area contributed by atoms with Crippen LogP contribution >= 0.6 is 0 Å². The predicted octanol–water partition coefficient (Wildman–Crippen LogP) is 17.2. The van der Waals surface area contributed by atoms with E-state index in [9.17, 15) is 47.9 Å². The molecule has 4 rings (SSSR count). The molecule has 0 aliphatic heterocycles. The average molecular weight is 1920 g/mol. The summed E-state index contributed by atoms with van der Waals surface area (Å²) in [6, 6.07) is 18.6. The van der Waals surface area contributed by atoms with Gasteiger partial charge in [0.1, 0.15) is 56.2 Å². The monoisotopic (exact) mass is 1920 g/mol. The first kappa shape index (κ1) is 118. The van der Waals surface area contributed by atoms with Crippen molar-refractivity contribution in [2.24, 2.45) is 0 Å². The van der Waals surface area contributed by atoms with Crippen LogP contribution in [0.3, 0.4) is 0 Å². The zero-order valence-corrected chi connectivity index (χ0v) is 86.7. The van der Waals surface area contributed by atoms with Crippen LogP contribution in [0.15, 0.2) is 79.1 Å². The summed E-state index contributed by atoms with van der Waals surface area (Å²) in [6.07, 6.45) is -3.71. The van der Waals surface area contributed by atoms with Crippen LogP contribution in [0.25, 0.3) is 22.8 Å². The predicted molar refractivity (Wildman–Crippen MR) is 519 cm³/mol. The summed E-state index contributed by atoms with van der Waals surface area (Å²) < 4.78 is 58.3. The second-order valence-electron chi connectivity index (χ2n) is 44.5. The third-order valence-corrected chi connectivity index (χ3v) is 20.6. The van der Waals surface area contributed by atoms with Gasteiger partial charge in [-0.1, -0.05) is 12.1 Å². The molecule has 0 bridgehead atoms. The van der Waals surface area contributed by atoms with E-state index in [4.69, 9.17) is 58.1 Å². The molecule has 137 heavy (non-hydrogen) atoms. The molecular weight excluding hydrogens is 1760 g/mol. The second kappa shape index (κ2) is 51.5. The Morgan fingerprint density at radius 3 is 0.759 bits per heavy atom. The van der Waals surface area contributed by atoms with Gasteiger partial charge in [0, 0.05) is 147 Å². The molecule has 33 nitrogen and oxygen atoms in total. The molecule has 0 atom stereocenters. The molecule has 4 aromatic rings. The minimum Gasteiger partial charge on any atom is -0.493 e. The highest BCUT2D eigenvalue weighted by molar-refractivity contribution is 6.01. The van der Waals surface area contributed by atoms with Gasteiger partial charge in [-0.15, -0.1) is 0 Å². The number of aromatic nitrogens is 3. The minimum atomic E-state index is -2.01. The van der Waals surface area contributed by atoms with Gasteiger partial charge in [0.15, 0.2) is 0 Å². The van der Waals surface area contributed by atoms with Crippen LogP contribution in [0.5, 0.6) is 5.75 Å². The Morgan fingerprint density at radius 1 is 0.277 bits per heavy atom. The molecule has 0 saturated carbocycles. The number of esters is 9. The average Bonchev–Trinajstić information content (AvgIpc) is 0.823. The number of benzene rings is 1. The maximum Gasteiger partial charge on any atom is 0.306 e. The Balaban J connectivity index is 2.10. The number of hydrogen-bond donors (Lipinski definition) is 6. The maximum atomic E-state index is 16.1. The number of nitrogens with one attached hydrogen (secondary N) is 5. The Bertz CT molecular complexity index is 4110. The van der Waals surface area contributed by atoms with Crippen LogP contribution in [0.1, 0.15) is 381 Å². The van der Waals surface area contributed by atoms with E-state index in [0.29, 0.717) is 54.4 Å². The highest BCUT2D eigenvalue weighted by Gasteiger charge is 2.44. The molecule has 0 unspecified atom stereocenters. The zero-order chi connectivity index (χ0) is 104. The first-order valence-corrected chi connectivity index (χ1v) is 47.8. The van der Waals surface area contributed by atoms with Gasteiger partial charge >= 0.3 is 53.7 Å². The number of nitrogens with two attached hydrogens (primary N) is 1. The van der Waals surface area contributed by atoms with E-state index >= 15 is 19.2 Å². The van der Waals surface area contributed by atoms with Gasteiger partial charge in [-0.25, -0.2) is 4.98 Å². The molecule has 0 aliphatic rings. The van der Waals surface area contributed by atoms with Crippen molar-refractivity contribution >= 4 is 88.9 Å². The van der Waals surface area contributed by atoms with Crippen molar-refractivity contribution in [3.63, 3.8) is 0 Å². The van der Waals surface area contributed by atoms with Gasteiger partial charge in [0.2, 0.25) is 17.7 Å². The van der Waals surface area contributed by atoms with Gasteiger partial charge in [-0.05, 0) is 326 Å². The molecule has 33 heteroatoms. The van der Waals surface area contributed by atoms with Crippen molar-refractivity contribution in [1.82, 2.24) is 41.5 Å². The maximum absolute atomic E-state index is 16.1. The van der Waals surface area contributed by atoms with Crippen molar-refractivity contribution in [3.05, 3.63) is 90.3 Å². The van der Waals surface area contributed by atoms with E-state index in [-0.39, 0.29) is 139 Å². The zero-order valence-electron chi connectivity index (χ0n) is 86.7. The fraction of sp³-hybridized carbons (Fsp3) is 0.663. The number of amides is 5. The largest absolute Gasteiger partial charge is 0.493 e. The Hall–Kier alpha value is -11.2. The van der Waals surface area contributed by atoms with Gasteiger partial charge < -0.3 is 79.7 Å². The van der Waals surface area contributed by atoms with Crippen molar-refractivity contribution in [2.45, 2.75) is 433 Å². The minimum absolute atomic E-state index is 0.0568. The first-order chi connectivity index (χ1) is 62.9. The van der Waals surface area contributed by atoms with Crippen LogP contribution in [-0.2, 0) is 100 Å². The van der Waals surface area contributed by atoms with Gasteiger partial charge in [-0.3, -0.25) is 77.1 Å². The Labute approximate surface area is 811 Å². The SMILES string of the molecule is CC(C)(C)OC(=O)CCC(CCC(=O)OC(C)(C)C)(CCC(=O)OC(C)(C)C)NC(=O)CCC(CCC(=O)NC(CCC(=O)OC(C)(C)C)(CCC(=O)OC(C)(C)C)CCC(=O)OC(C)(C)C)(CCC(=O)NC(CCC(=O)OC(C)(C)C)(CCC(=O)OC(C)(C)C)CCC(=O)OC(C)(C)C)NC(=O)c1cc(N)cc(C(=O)NCCCCCOc2cc(-c3ccccn3)nc(-c3ccccn3)c2)c1. The lowest BCUT2D eigenvalue weighted by Gasteiger charge is -2.39. The molecule has 0 fully saturated rings. The Kier molecular flexibility index (Phi) is 44.4. The smallest absolute Gasteiger partial charge is 0.306 e. The standard InChI is InChI=1S/C104H159N9O24/c1-92(2,3)129-81(117)40-52-101(53-41-82(118)130-93(4,5)6,54-42-83(119)131-94(7,8)9)110-78(114)37-49-104(50-38-79(115)111-102(55-43-84(120)132-95(10,11)12,56-44-85(121)133-96(13,14)15)57-45-86(122)134-97(16,17)18,51-39-80(116)112-103(58-46-87(123)135-98(19,20)21,59-47-88(124)136-99(22,23)24)60-48-89(125)137-100(25,26)27)113-91(127)71-65-70(66-72(105)67-71)90(126)108-63-31-28-34-64-128-73-68-76(74-35-29-32-61-106-74)109-77(69-73)75-36-30-33-62-107-75/h29-30,32-33,35-36,61-62,65-69H,28,31,34,37-60,63-64,105H2,1-27H3,(H,108,126)(H,110,114)(H,111,115)(H,112,116)(H,113,127). The highest BCUT2D eigenvalue weighted by Crippen LogP contribution is 2.37. The van der Waals surface area contributed by atoms with Gasteiger partial charge in [0.25, 0.3) is 11.8 Å². The summed E-state index contributed by atoms with van der Waals surface area (Å²) in [7, 11) is 0. The lowest BCUT2D eigenvalue weighted by molar-refractivity contribution is -0.158. The number of anilines is 1. The number of pyridine rings is 3. The normalized spacial score (nSPS) is 12.6. The Morgan fingerprint density at radius 2 is 0.518 bits per heavy atom. The van der Waals surface area contributed by atoms with Crippen molar-refractivity contribution in [1.29, 1.82) is 0 Å². The molecule has 1 aromatic carbocycles. The van der Waals surface area contributed by atoms with Crippen LogP contribution < -0.4 is 37.1 Å². The molecule has 764 valence electrons. The number of hydrogen-bond acceptors (Lipinski definition) is 28. The molecular formula is C104H159N9O24. The summed E-state index contributed by atoms with van der Waals surface area (Å²) in [5.74, 6) is -9.66. The third kappa shape index (κ3) is 51.2. The van der Waals surface area contributed by atoms with Crippen LogP contribution in [0, 0.1) is 0 Å². The number of carbonyl (C=O) groups is 14. The van der Waals surface area contributed by atoms with Crippen LogP contribution in [0.2, 0.25) is 0 Å². The van der Waals surface area contributed by atoms with Crippen molar-refractivity contribution in [3.8, 4) is 28.5 Å². The summed E-state index contributed by atoms with van der Waals surface area (Å²) in [5, 5.41) is 15.4. The fourth-order valence-electron chi connectivity index (χ4n) is 15.0. The van der Waals surface area contributed by atoms with Gasteiger partial charge in [0.05, 0.1) is 29.4 Å². The molecule has 0 radical (unpaired) electrons. The second-order valence-corrected chi connectivity index (χ2v) is 44.5. The number of ether oxygens (including phenoxy) is 10. The number of unbranched alkanes of at least 4 members (excludes halogenated alkanes) is 2. The van der Waals surface area contributed by atoms with E-state index in [0.717, 1.165) is 0 Å². The summed E-state index contributed by atoms with van der Waals surface area (Å²) in [4.78, 5) is 217. The molecule has 0 saturated heterocycles. The van der Waals surface area contributed by atoms with Crippen molar-refractivity contribution < 1.29 is 114 Å². The van der Waals surface area contributed by atoms with Gasteiger partial charge in [-0.2, -0.15) is 0 Å². The van der Waals surface area contributed by atoms with E-state index in [1.807, 2.05) is 36.4 Å². The quantitative estimate of drug-likeness (QED) is 0.0103. The molecule has 7 N–H and O–H groups in total. The molecule has 0 spiro atoms. The van der Waals surface area contributed by atoms with E-state index in [1.165, 1.54) is 18.2 Å².